The van der Waals surface area contributed by atoms with Gasteiger partial charge in [-0.15, -0.1) is 0 Å². The highest BCUT2D eigenvalue weighted by atomic mass is 16.4. The molecule has 3 rings (SSSR count). The number of nitrogens with zero attached hydrogens (tertiary/aromatic N) is 3. The van der Waals surface area contributed by atoms with Gasteiger partial charge in [0, 0.05) is 26.2 Å². The molecule has 24 heavy (non-hydrogen) atoms. The molecule has 0 aromatic heterocycles. The quantitative estimate of drug-likeness (QED) is 0.922. The van der Waals surface area contributed by atoms with Crippen LogP contribution in [0.1, 0.15) is 28.8 Å². The van der Waals surface area contributed by atoms with Crippen LogP contribution < -0.4 is 0 Å². The number of nitriles is 1. The van der Waals surface area contributed by atoms with Gasteiger partial charge < -0.3 is 14.9 Å². The number of aromatic carboxylic acids is 1. The van der Waals surface area contributed by atoms with Gasteiger partial charge >= 0.3 is 12.0 Å². The van der Waals surface area contributed by atoms with Crippen LogP contribution in [-0.4, -0.2) is 53.1 Å². The Bertz CT molecular complexity index is 668. The average Bonchev–Trinajstić information content (AvgIpc) is 2.55. The number of benzene rings is 1. The molecule has 1 aromatic rings. The lowest BCUT2D eigenvalue weighted by atomic mass is 9.88. The van der Waals surface area contributed by atoms with E-state index in [0.717, 1.165) is 24.8 Å². The third kappa shape index (κ3) is 3.35. The number of rotatable bonds is 3. The molecule has 2 fully saturated rings. The number of carbonyl (C=O) groups excluding carboxylic acids is 1. The van der Waals surface area contributed by atoms with Crippen LogP contribution in [0.2, 0.25) is 0 Å². The lowest BCUT2D eigenvalue weighted by Gasteiger charge is -2.41. The molecular weight excluding hydrogens is 306 g/mol. The summed E-state index contributed by atoms with van der Waals surface area (Å²) in [5.74, 6) is -0.500. The zero-order valence-corrected chi connectivity index (χ0v) is 13.5. The number of carboxylic acids is 1. The van der Waals surface area contributed by atoms with Gasteiger partial charge in [-0.1, -0.05) is 18.2 Å². The Morgan fingerprint density at radius 1 is 1.17 bits per heavy atom. The van der Waals surface area contributed by atoms with Gasteiger partial charge in [0.15, 0.2) is 0 Å². The van der Waals surface area contributed by atoms with Gasteiger partial charge in [0.05, 0.1) is 17.6 Å². The second-order valence-corrected chi connectivity index (χ2v) is 6.61. The molecule has 0 radical (unpaired) electrons. The van der Waals surface area contributed by atoms with Crippen molar-refractivity contribution in [1.82, 2.24) is 9.80 Å². The van der Waals surface area contributed by atoms with Crippen LogP contribution in [0.15, 0.2) is 24.3 Å². The fraction of sp³-hybridized carbons (Fsp3) is 0.500. The number of hydrogen-bond donors (Lipinski definition) is 1. The third-order valence-corrected chi connectivity index (χ3v) is 4.98. The minimum atomic E-state index is -0.886. The molecule has 0 unspecified atom stereocenters. The van der Waals surface area contributed by atoms with Crippen molar-refractivity contribution in [2.24, 2.45) is 11.8 Å². The molecule has 6 nitrogen and oxygen atoms in total. The topological polar surface area (TPSA) is 84.6 Å². The Labute approximate surface area is 141 Å². The number of carbonyl (C=O) groups is 2. The lowest BCUT2D eigenvalue weighted by molar-refractivity contribution is 0.0695. The summed E-state index contributed by atoms with van der Waals surface area (Å²) in [5, 5.41) is 18.1. The predicted octanol–water partition coefficient (Wildman–Crippen LogP) is 2.21. The molecule has 0 spiro atoms. The lowest BCUT2D eigenvalue weighted by Crippen LogP contribution is -2.55. The highest BCUT2D eigenvalue weighted by Crippen LogP contribution is 2.25. The number of urea groups is 1. The first kappa shape index (κ1) is 16.3. The maximum atomic E-state index is 12.3. The molecule has 0 saturated carbocycles. The van der Waals surface area contributed by atoms with E-state index >= 15 is 0 Å². The smallest absolute Gasteiger partial charge is 0.335 e. The molecule has 2 aliphatic rings. The second kappa shape index (κ2) is 6.91. The minimum absolute atomic E-state index is 0.0148. The number of likely N-dealkylation sites (tertiary alicyclic amines) is 2. The van der Waals surface area contributed by atoms with Crippen LogP contribution in [0.5, 0.6) is 0 Å². The number of piperidine rings is 1. The van der Waals surface area contributed by atoms with Crippen LogP contribution in [0.3, 0.4) is 0 Å². The molecule has 0 bridgehead atoms. The standard InChI is InChI=1S/C18H21N3O3/c19-10-14-11-21(12-14)18(24)20-7-5-13(6-8-20)9-15-3-1-2-4-16(15)17(22)23/h1-4,13-14H,5-9,11-12H2,(H,22,23). The zero-order valence-electron chi connectivity index (χ0n) is 13.5. The highest BCUT2D eigenvalue weighted by molar-refractivity contribution is 5.89. The van der Waals surface area contributed by atoms with Gasteiger partial charge in [0.1, 0.15) is 0 Å². The van der Waals surface area contributed by atoms with E-state index in [4.69, 9.17) is 5.26 Å². The molecule has 1 aromatic carbocycles. The summed E-state index contributed by atoms with van der Waals surface area (Å²) in [6, 6.07) is 9.35. The van der Waals surface area contributed by atoms with Crippen LogP contribution in [-0.2, 0) is 6.42 Å². The van der Waals surface area contributed by atoms with Gasteiger partial charge in [-0.3, -0.25) is 0 Å². The van der Waals surface area contributed by atoms with E-state index in [1.807, 2.05) is 17.0 Å². The predicted molar refractivity (Wildman–Crippen MR) is 87.5 cm³/mol. The molecule has 126 valence electrons. The normalized spacial score (nSPS) is 18.8. The minimum Gasteiger partial charge on any atom is -0.478 e. The van der Waals surface area contributed by atoms with Crippen LogP contribution in [0.4, 0.5) is 4.79 Å². The summed E-state index contributed by atoms with van der Waals surface area (Å²) in [4.78, 5) is 27.2. The second-order valence-electron chi connectivity index (χ2n) is 6.61. The summed E-state index contributed by atoms with van der Waals surface area (Å²) >= 11 is 0. The molecule has 0 aliphatic carbocycles. The molecule has 1 N–H and O–H groups in total. The number of carboxylic acid groups (broad SMARTS) is 1. The summed E-state index contributed by atoms with van der Waals surface area (Å²) in [5.41, 5.74) is 1.24. The van der Waals surface area contributed by atoms with Crippen molar-refractivity contribution in [2.45, 2.75) is 19.3 Å². The Kier molecular flexibility index (Phi) is 4.70. The van der Waals surface area contributed by atoms with Crippen LogP contribution >= 0.6 is 0 Å². The van der Waals surface area contributed by atoms with E-state index in [1.54, 1.807) is 17.0 Å². The van der Waals surface area contributed by atoms with Gasteiger partial charge in [0.2, 0.25) is 0 Å². The molecule has 6 heteroatoms. The first-order valence-electron chi connectivity index (χ1n) is 8.33. The van der Waals surface area contributed by atoms with E-state index in [1.165, 1.54) is 0 Å². The molecule has 2 saturated heterocycles. The van der Waals surface area contributed by atoms with Crippen LogP contribution in [0, 0.1) is 23.2 Å². The first-order chi connectivity index (χ1) is 11.6. The maximum absolute atomic E-state index is 12.3. The summed E-state index contributed by atoms with van der Waals surface area (Å²) in [7, 11) is 0. The number of amides is 2. The molecule has 0 atom stereocenters. The van der Waals surface area contributed by atoms with Crippen molar-refractivity contribution in [3.05, 3.63) is 35.4 Å². The van der Waals surface area contributed by atoms with Crippen molar-refractivity contribution < 1.29 is 14.7 Å². The van der Waals surface area contributed by atoms with Crippen molar-refractivity contribution in [3.63, 3.8) is 0 Å². The Morgan fingerprint density at radius 3 is 2.46 bits per heavy atom. The summed E-state index contributed by atoms with van der Waals surface area (Å²) in [6.07, 6.45) is 2.51. The fourth-order valence-corrected chi connectivity index (χ4v) is 3.46. The van der Waals surface area contributed by atoms with E-state index in [0.29, 0.717) is 37.7 Å². The van der Waals surface area contributed by atoms with E-state index < -0.39 is 5.97 Å². The van der Waals surface area contributed by atoms with Crippen molar-refractivity contribution >= 4 is 12.0 Å². The first-order valence-corrected chi connectivity index (χ1v) is 8.33. The van der Waals surface area contributed by atoms with Gasteiger partial charge in [-0.25, -0.2) is 9.59 Å². The average molecular weight is 327 g/mol. The van der Waals surface area contributed by atoms with E-state index in [9.17, 15) is 14.7 Å². The molecule has 2 amide bonds. The zero-order chi connectivity index (χ0) is 17.1. The van der Waals surface area contributed by atoms with E-state index in [-0.39, 0.29) is 11.9 Å². The largest absolute Gasteiger partial charge is 0.478 e. The van der Waals surface area contributed by atoms with E-state index in [2.05, 4.69) is 6.07 Å². The Hall–Kier alpha value is -2.55. The highest BCUT2D eigenvalue weighted by Gasteiger charge is 2.34. The summed E-state index contributed by atoms with van der Waals surface area (Å²) < 4.78 is 0. The monoisotopic (exact) mass is 327 g/mol. The van der Waals surface area contributed by atoms with Crippen molar-refractivity contribution in [1.29, 1.82) is 5.26 Å². The fourth-order valence-electron chi connectivity index (χ4n) is 3.46. The Balaban J connectivity index is 1.52. The molecule has 2 heterocycles. The van der Waals surface area contributed by atoms with Gasteiger partial charge in [0.25, 0.3) is 0 Å². The molecule has 2 aliphatic heterocycles. The number of hydrogen-bond acceptors (Lipinski definition) is 3. The maximum Gasteiger partial charge on any atom is 0.335 e. The SMILES string of the molecule is N#CC1CN(C(=O)N2CCC(Cc3ccccc3C(=O)O)CC2)C1. The van der Waals surface area contributed by atoms with Gasteiger partial charge in [-0.05, 0) is 36.8 Å². The van der Waals surface area contributed by atoms with Crippen LogP contribution in [0.25, 0.3) is 0 Å². The van der Waals surface area contributed by atoms with Crippen molar-refractivity contribution in [2.75, 3.05) is 26.2 Å². The summed E-state index contributed by atoms with van der Waals surface area (Å²) in [6.45, 7) is 2.49. The van der Waals surface area contributed by atoms with Crippen molar-refractivity contribution in [3.8, 4) is 6.07 Å². The van der Waals surface area contributed by atoms with Gasteiger partial charge in [-0.2, -0.15) is 5.26 Å². The molecular formula is C18H21N3O3. The Morgan fingerprint density at radius 2 is 1.83 bits per heavy atom. The third-order valence-electron chi connectivity index (χ3n) is 4.98.